The maximum Gasteiger partial charge on any atom is 0.406 e. The molecule has 6 heteroatoms. The number of para-hydroxylation sites is 1. The first kappa shape index (κ1) is 17.3. The normalized spacial score (nSPS) is 11.8. The van der Waals surface area contributed by atoms with Crippen LogP contribution < -0.4 is 5.73 Å². The summed E-state index contributed by atoms with van der Waals surface area (Å²) in [4.78, 5) is 13.4. The van der Waals surface area contributed by atoms with Gasteiger partial charge >= 0.3 is 6.18 Å². The Bertz CT molecular complexity index is 496. The number of carbonyl (C=O) groups excluding carboxylic acids is 1. The Labute approximate surface area is 122 Å². The first-order valence-electron chi connectivity index (χ1n) is 6.94. The van der Waals surface area contributed by atoms with Crippen molar-refractivity contribution < 1.29 is 18.0 Å². The van der Waals surface area contributed by atoms with Crippen LogP contribution in [0.5, 0.6) is 0 Å². The van der Waals surface area contributed by atoms with E-state index in [2.05, 4.69) is 0 Å². The Morgan fingerprint density at radius 3 is 2.33 bits per heavy atom. The molecule has 21 heavy (non-hydrogen) atoms. The molecule has 1 rings (SSSR count). The molecule has 0 spiro atoms. The van der Waals surface area contributed by atoms with E-state index in [1.807, 2.05) is 0 Å². The summed E-state index contributed by atoms with van der Waals surface area (Å²) in [6, 6.07) is 4.35. The van der Waals surface area contributed by atoms with Crippen molar-refractivity contribution in [2.24, 2.45) is 0 Å². The second-order valence-electron chi connectivity index (χ2n) is 5.05. The number of hydrogen-bond acceptors (Lipinski definition) is 2. The van der Waals surface area contributed by atoms with Crippen molar-refractivity contribution in [3.05, 3.63) is 29.3 Å². The second-order valence-corrected chi connectivity index (χ2v) is 5.05. The number of nitrogen functional groups attached to an aromatic ring is 1. The quantitative estimate of drug-likeness (QED) is 0.842. The zero-order valence-corrected chi connectivity index (χ0v) is 12.5. The monoisotopic (exact) mass is 302 g/mol. The molecule has 0 heterocycles. The van der Waals surface area contributed by atoms with Gasteiger partial charge in [0.05, 0.1) is 5.56 Å². The lowest BCUT2D eigenvalue weighted by molar-refractivity contribution is -0.144. The average Bonchev–Trinajstić information content (AvgIpc) is 2.40. The van der Waals surface area contributed by atoms with Crippen LogP contribution in [0.25, 0.3) is 0 Å². The predicted octanol–water partition coefficient (Wildman–Crippen LogP) is 3.77. The largest absolute Gasteiger partial charge is 0.406 e. The maximum atomic E-state index is 12.8. The predicted molar refractivity (Wildman–Crippen MR) is 77.1 cm³/mol. The molecule has 1 aromatic carbocycles. The summed E-state index contributed by atoms with van der Waals surface area (Å²) < 4.78 is 38.3. The second kappa shape index (κ2) is 6.83. The number of rotatable bonds is 5. The highest BCUT2D eigenvalue weighted by Crippen LogP contribution is 2.25. The molecule has 0 aliphatic carbocycles. The molecule has 0 radical (unpaired) electrons. The van der Waals surface area contributed by atoms with Gasteiger partial charge in [-0.05, 0) is 31.4 Å². The van der Waals surface area contributed by atoms with E-state index in [4.69, 9.17) is 5.73 Å². The van der Waals surface area contributed by atoms with Gasteiger partial charge in [-0.2, -0.15) is 13.2 Å². The molecule has 0 aliphatic heterocycles. The minimum atomic E-state index is -4.43. The number of nitrogens with zero attached hydrogens (tertiary/aromatic N) is 1. The Kier molecular flexibility index (Phi) is 5.63. The summed E-state index contributed by atoms with van der Waals surface area (Å²) in [5, 5.41) is 0. The zero-order chi connectivity index (χ0) is 16.2. The summed E-state index contributed by atoms with van der Waals surface area (Å²) >= 11 is 0. The molecule has 0 aromatic heterocycles. The van der Waals surface area contributed by atoms with Crippen LogP contribution in [-0.2, 0) is 0 Å². The van der Waals surface area contributed by atoms with Crippen LogP contribution in [0.1, 0.15) is 42.6 Å². The third-order valence-electron chi connectivity index (χ3n) is 3.55. The van der Waals surface area contributed by atoms with E-state index < -0.39 is 24.7 Å². The highest BCUT2D eigenvalue weighted by molar-refractivity contribution is 6.00. The summed E-state index contributed by atoms with van der Waals surface area (Å²) in [7, 11) is 0. The Morgan fingerprint density at radius 1 is 1.29 bits per heavy atom. The van der Waals surface area contributed by atoms with E-state index in [9.17, 15) is 18.0 Å². The minimum Gasteiger partial charge on any atom is -0.398 e. The molecular weight excluding hydrogens is 281 g/mol. The van der Waals surface area contributed by atoms with Gasteiger partial charge in [0.1, 0.15) is 6.54 Å². The van der Waals surface area contributed by atoms with Crippen molar-refractivity contribution in [1.82, 2.24) is 4.90 Å². The van der Waals surface area contributed by atoms with Crippen molar-refractivity contribution in [3.8, 4) is 0 Å². The molecule has 3 nitrogen and oxygen atoms in total. The Morgan fingerprint density at radius 2 is 1.86 bits per heavy atom. The van der Waals surface area contributed by atoms with Crippen molar-refractivity contribution in [1.29, 1.82) is 0 Å². The van der Waals surface area contributed by atoms with E-state index in [0.717, 1.165) is 4.90 Å². The highest BCUT2D eigenvalue weighted by atomic mass is 19.4. The third kappa shape index (κ3) is 4.37. The number of halogens is 3. The lowest BCUT2D eigenvalue weighted by Gasteiger charge is -2.31. The Balaban J connectivity index is 3.18. The van der Waals surface area contributed by atoms with Crippen LogP contribution in [0.15, 0.2) is 18.2 Å². The molecule has 0 unspecified atom stereocenters. The summed E-state index contributed by atoms with van der Waals surface area (Å²) in [5.41, 5.74) is 6.88. The number of anilines is 1. The van der Waals surface area contributed by atoms with Gasteiger partial charge in [0.15, 0.2) is 0 Å². The lowest BCUT2D eigenvalue weighted by atomic mass is 10.0. The summed E-state index contributed by atoms with van der Waals surface area (Å²) in [5.74, 6) is -0.665. The fourth-order valence-corrected chi connectivity index (χ4v) is 2.31. The average molecular weight is 302 g/mol. The van der Waals surface area contributed by atoms with Gasteiger partial charge in [0.25, 0.3) is 5.91 Å². The van der Waals surface area contributed by atoms with Gasteiger partial charge in [-0.25, -0.2) is 0 Å². The van der Waals surface area contributed by atoms with Crippen LogP contribution in [0.2, 0.25) is 0 Å². The smallest absolute Gasteiger partial charge is 0.398 e. The van der Waals surface area contributed by atoms with Gasteiger partial charge in [0.2, 0.25) is 0 Å². The van der Waals surface area contributed by atoms with E-state index >= 15 is 0 Å². The number of nitrogens with two attached hydrogens (primary N) is 1. The van der Waals surface area contributed by atoms with Crippen molar-refractivity contribution in [3.63, 3.8) is 0 Å². The highest BCUT2D eigenvalue weighted by Gasteiger charge is 2.36. The van der Waals surface area contributed by atoms with E-state index in [1.54, 1.807) is 32.9 Å². The first-order valence-corrected chi connectivity index (χ1v) is 6.94. The summed E-state index contributed by atoms with van der Waals surface area (Å²) in [6.07, 6.45) is -3.51. The van der Waals surface area contributed by atoms with Crippen LogP contribution in [0, 0.1) is 6.92 Å². The molecule has 0 aliphatic rings. The van der Waals surface area contributed by atoms with Gasteiger partial charge in [-0.1, -0.05) is 26.0 Å². The molecule has 0 saturated heterocycles. The van der Waals surface area contributed by atoms with Gasteiger partial charge in [-0.3, -0.25) is 4.79 Å². The Hall–Kier alpha value is -1.72. The zero-order valence-electron chi connectivity index (χ0n) is 12.5. The molecule has 0 saturated carbocycles. The SMILES string of the molecule is CCC(CC)N(CC(F)(F)F)C(=O)c1cccc(C)c1N. The van der Waals surface area contributed by atoms with Gasteiger partial charge < -0.3 is 10.6 Å². The molecule has 118 valence electrons. The minimum absolute atomic E-state index is 0.131. The molecule has 0 fully saturated rings. The molecule has 0 bridgehead atoms. The van der Waals surface area contributed by atoms with Crippen molar-refractivity contribution >= 4 is 11.6 Å². The standard InChI is InChI=1S/C15H21F3N2O/c1-4-11(5-2)20(9-15(16,17)18)14(21)12-8-6-7-10(3)13(12)19/h6-8,11H,4-5,9,19H2,1-3H3. The number of benzene rings is 1. The third-order valence-corrected chi connectivity index (χ3v) is 3.55. The molecule has 0 atom stereocenters. The number of aryl methyl sites for hydroxylation is 1. The number of alkyl halides is 3. The van der Waals surface area contributed by atoms with Crippen LogP contribution in [0.3, 0.4) is 0 Å². The van der Waals surface area contributed by atoms with E-state index in [-0.39, 0.29) is 11.3 Å². The van der Waals surface area contributed by atoms with Crippen LogP contribution in [0.4, 0.5) is 18.9 Å². The molecular formula is C15H21F3N2O. The summed E-state index contributed by atoms with van der Waals surface area (Å²) in [6.45, 7) is 4.00. The van der Waals surface area contributed by atoms with Crippen molar-refractivity contribution in [2.75, 3.05) is 12.3 Å². The topological polar surface area (TPSA) is 46.3 Å². The van der Waals surface area contributed by atoms with Gasteiger partial charge in [0, 0.05) is 11.7 Å². The first-order chi connectivity index (χ1) is 9.71. The fourth-order valence-electron chi connectivity index (χ4n) is 2.31. The number of amides is 1. The molecule has 1 aromatic rings. The maximum absolute atomic E-state index is 12.8. The van der Waals surface area contributed by atoms with Crippen LogP contribution >= 0.6 is 0 Å². The molecule has 1 amide bonds. The lowest BCUT2D eigenvalue weighted by Crippen LogP contribution is -2.45. The van der Waals surface area contributed by atoms with Gasteiger partial charge in [-0.15, -0.1) is 0 Å². The fraction of sp³-hybridized carbons (Fsp3) is 0.533. The van der Waals surface area contributed by atoms with E-state index in [1.165, 1.54) is 6.07 Å². The number of hydrogen-bond donors (Lipinski definition) is 1. The van der Waals surface area contributed by atoms with Crippen molar-refractivity contribution in [2.45, 2.75) is 45.8 Å². The number of carbonyl (C=O) groups is 1. The molecule has 2 N–H and O–H groups in total. The van der Waals surface area contributed by atoms with E-state index in [0.29, 0.717) is 18.4 Å². The van der Waals surface area contributed by atoms with Crippen LogP contribution in [-0.4, -0.2) is 29.6 Å².